The van der Waals surface area contributed by atoms with E-state index in [-0.39, 0.29) is 11.1 Å². The van der Waals surface area contributed by atoms with Crippen molar-refractivity contribution < 1.29 is 4.74 Å². The van der Waals surface area contributed by atoms with Gasteiger partial charge in [-0.1, -0.05) is 35.2 Å². The first-order chi connectivity index (χ1) is 9.15. The van der Waals surface area contributed by atoms with E-state index < -0.39 is 0 Å². The molecule has 0 radical (unpaired) electrons. The molecule has 1 aromatic carbocycles. The van der Waals surface area contributed by atoms with E-state index >= 15 is 0 Å². The highest BCUT2D eigenvalue weighted by molar-refractivity contribution is 8.13. The maximum atomic E-state index is 7.44. The highest BCUT2D eigenvalue weighted by atomic mass is 32.2. The van der Waals surface area contributed by atoms with Crippen LogP contribution in [0.3, 0.4) is 0 Å². The summed E-state index contributed by atoms with van der Waals surface area (Å²) in [4.78, 5) is 7.95. The second-order valence-electron chi connectivity index (χ2n) is 3.49. The van der Waals surface area contributed by atoms with Crippen LogP contribution in [-0.4, -0.2) is 28.5 Å². The molecule has 8 heteroatoms. The lowest BCUT2D eigenvalue weighted by Gasteiger charge is -2.01. The number of aromatic nitrogens is 1. The van der Waals surface area contributed by atoms with Gasteiger partial charge in [-0.05, 0) is 12.1 Å². The van der Waals surface area contributed by atoms with Gasteiger partial charge >= 0.3 is 0 Å². The fourth-order valence-electron chi connectivity index (χ4n) is 1.33. The highest BCUT2D eigenvalue weighted by Crippen LogP contribution is 2.27. The number of hydrogen-bond acceptors (Lipinski definition) is 5. The van der Waals surface area contributed by atoms with Crippen molar-refractivity contribution in [1.82, 2.24) is 4.98 Å². The molecule has 5 N–H and O–H groups in total. The Kier molecular flexibility index (Phi) is 4.58. The SMILES string of the molecule is N=C(N=C(N)N)SCCOc1nc2ccccc2s1. The molecular formula is C11H13N5OS2. The molecule has 0 aliphatic carbocycles. The Morgan fingerprint density at radius 2 is 2.21 bits per heavy atom. The van der Waals surface area contributed by atoms with Gasteiger partial charge in [-0.3, -0.25) is 5.41 Å². The normalized spacial score (nSPS) is 10.3. The van der Waals surface area contributed by atoms with Crippen LogP contribution in [0.15, 0.2) is 29.3 Å². The summed E-state index contributed by atoms with van der Waals surface area (Å²) >= 11 is 2.72. The van der Waals surface area contributed by atoms with Gasteiger partial charge in [-0.25, -0.2) is 4.98 Å². The molecule has 100 valence electrons. The van der Waals surface area contributed by atoms with Gasteiger partial charge in [0.05, 0.1) is 10.2 Å². The Morgan fingerprint density at radius 1 is 1.42 bits per heavy atom. The fourth-order valence-corrected chi connectivity index (χ4v) is 2.70. The van der Waals surface area contributed by atoms with Gasteiger partial charge in [-0.2, -0.15) is 4.99 Å². The van der Waals surface area contributed by atoms with Gasteiger partial charge in [-0.15, -0.1) is 0 Å². The van der Waals surface area contributed by atoms with Crippen molar-refractivity contribution in [3.63, 3.8) is 0 Å². The monoisotopic (exact) mass is 295 g/mol. The average Bonchev–Trinajstić information content (AvgIpc) is 2.76. The van der Waals surface area contributed by atoms with Gasteiger partial charge in [0.1, 0.15) is 6.61 Å². The number of amidine groups is 1. The van der Waals surface area contributed by atoms with Crippen LogP contribution in [0.2, 0.25) is 0 Å². The van der Waals surface area contributed by atoms with E-state index in [4.69, 9.17) is 21.6 Å². The summed E-state index contributed by atoms with van der Waals surface area (Å²) in [6, 6.07) is 7.86. The van der Waals surface area contributed by atoms with Gasteiger partial charge in [0.2, 0.25) is 0 Å². The number of nitrogens with zero attached hydrogens (tertiary/aromatic N) is 2. The summed E-state index contributed by atoms with van der Waals surface area (Å²) in [5.41, 5.74) is 11.3. The Hall–Kier alpha value is -1.80. The molecule has 1 aromatic heterocycles. The summed E-state index contributed by atoms with van der Waals surface area (Å²) in [7, 11) is 0. The Morgan fingerprint density at radius 3 is 2.95 bits per heavy atom. The first kappa shape index (κ1) is 13.6. The number of benzene rings is 1. The number of aliphatic imine (C=N–C) groups is 1. The zero-order valence-electron chi connectivity index (χ0n) is 10.00. The summed E-state index contributed by atoms with van der Waals surface area (Å²) < 4.78 is 6.62. The molecule has 0 spiro atoms. The topological polar surface area (TPSA) is 110 Å². The van der Waals surface area contributed by atoms with Crippen LogP contribution in [0.5, 0.6) is 5.19 Å². The van der Waals surface area contributed by atoms with Gasteiger partial charge in [0.15, 0.2) is 11.1 Å². The minimum Gasteiger partial charge on any atom is -0.469 e. The number of nitrogens with two attached hydrogens (primary N) is 2. The second kappa shape index (κ2) is 6.39. The molecule has 2 aromatic rings. The summed E-state index contributed by atoms with van der Waals surface area (Å²) in [6.07, 6.45) is 0. The number of hydrogen-bond donors (Lipinski definition) is 3. The lowest BCUT2D eigenvalue weighted by molar-refractivity contribution is 0.343. The first-order valence-corrected chi connectivity index (χ1v) is 7.25. The number of thioether (sulfide) groups is 1. The molecule has 2 rings (SSSR count). The molecule has 0 aliphatic heterocycles. The molecule has 0 bridgehead atoms. The van der Waals surface area contributed by atoms with Crippen molar-refractivity contribution in [2.24, 2.45) is 16.5 Å². The van der Waals surface area contributed by atoms with Gasteiger partial charge in [0.25, 0.3) is 5.19 Å². The van der Waals surface area contributed by atoms with Gasteiger partial charge in [0, 0.05) is 5.75 Å². The molecule has 0 amide bonds. The third-order valence-electron chi connectivity index (χ3n) is 2.05. The summed E-state index contributed by atoms with van der Waals surface area (Å²) in [5, 5.41) is 8.15. The fraction of sp³-hybridized carbons (Fsp3) is 0.182. The number of fused-ring (bicyclic) bond motifs is 1. The lowest BCUT2D eigenvalue weighted by atomic mass is 10.3. The molecule has 0 atom stereocenters. The number of nitrogens with one attached hydrogen (secondary N) is 1. The molecule has 0 fully saturated rings. The minimum atomic E-state index is -0.107. The molecule has 1 heterocycles. The smallest absolute Gasteiger partial charge is 0.274 e. The van der Waals surface area contributed by atoms with E-state index in [2.05, 4.69) is 9.98 Å². The number of para-hydroxylation sites is 1. The van der Waals surface area contributed by atoms with E-state index in [0.717, 1.165) is 10.2 Å². The predicted octanol–water partition coefficient (Wildman–Crippen LogP) is 1.62. The number of rotatable bonds is 4. The van der Waals surface area contributed by atoms with Crippen LogP contribution < -0.4 is 16.2 Å². The van der Waals surface area contributed by atoms with E-state index in [1.807, 2.05) is 24.3 Å². The van der Waals surface area contributed by atoms with Crippen molar-refractivity contribution >= 4 is 44.4 Å². The van der Waals surface area contributed by atoms with Crippen molar-refractivity contribution in [3.05, 3.63) is 24.3 Å². The lowest BCUT2D eigenvalue weighted by Crippen LogP contribution is -2.23. The van der Waals surface area contributed by atoms with Crippen LogP contribution in [-0.2, 0) is 0 Å². The Labute approximate surface area is 118 Å². The maximum Gasteiger partial charge on any atom is 0.274 e. The third kappa shape index (κ3) is 4.11. The maximum absolute atomic E-state index is 7.44. The number of ether oxygens (including phenoxy) is 1. The van der Waals surface area contributed by atoms with Gasteiger partial charge < -0.3 is 16.2 Å². The van der Waals surface area contributed by atoms with Crippen molar-refractivity contribution in [2.75, 3.05) is 12.4 Å². The molecule has 0 aliphatic rings. The molecular weight excluding hydrogens is 282 g/mol. The molecule has 0 saturated carbocycles. The summed E-state index contributed by atoms with van der Waals surface area (Å²) in [6.45, 7) is 0.451. The van der Waals surface area contributed by atoms with Crippen LogP contribution in [0.4, 0.5) is 0 Å². The largest absolute Gasteiger partial charge is 0.469 e. The molecule has 19 heavy (non-hydrogen) atoms. The van der Waals surface area contributed by atoms with E-state index in [9.17, 15) is 0 Å². The zero-order valence-corrected chi connectivity index (χ0v) is 11.6. The third-order valence-corrected chi connectivity index (χ3v) is 3.74. The quantitative estimate of drug-likeness (QED) is 0.451. The van der Waals surface area contributed by atoms with E-state index in [1.165, 1.54) is 23.1 Å². The molecule has 0 unspecified atom stereocenters. The van der Waals surface area contributed by atoms with E-state index in [0.29, 0.717) is 17.6 Å². The second-order valence-corrected chi connectivity index (χ2v) is 5.56. The van der Waals surface area contributed by atoms with Crippen LogP contribution in [0, 0.1) is 5.41 Å². The highest BCUT2D eigenvalue weighted by Gasteiger charge is 2.04. The molecule has 6 nitrogen and oxygen atoms in total. The van der Waals surface area contributed by atoms with Crippen molar-refractivity contribution in [3.8, 4) is 5.19 Å². The number of guanidine groups is 1. The standard InChI is InChI=1S/C11H13N5OS2/c12-9(13)16-10(14)18-6-5-17-11-15-7-3-1-2-4-8(7)19-11/h1-4H,5-6H2,(H5,12,13,14,16). The molecule has 0 saturated heterocycles. The van der Waals surface area contributed by atoms with Crippen LogP contribution in [0.25, 0.3) is 10.2 Å². The van der Waals surface area contributed by atoms with Crippen molar-refractivity contribution in [2.45, 2.75) is 0 Å². The zero-order chi connectivity index (χ0) is 13.7. The van der Waals surface area contributed by atoms with Crippen LogP contribution >= 0.6 is 23.1 Å². The van der Waals surface area contributed by atoms with Crippen molar-refractivity contribution in [1.29, 1.82) is 5.41 Å². The first-order valence-electron chi connectivity index (χ1n) is 5.44. The summed E-state index contributed by atoms with van der Waals surface area (Å²) in [5.74, 6) is 0.482. The average molecular weight is 295 g/mol. The van der Waals surface area contributed by atoms with Crippen LogP contribution in [0.1, 0.15) is 0 Å². The van der Waals surface area contributed by atoms with E-state index in [1.54, 1.807) is 0 Å². The number of thiazole rings is 1. The minimum absolute atomic E-state index is 0.0768. The predicted molar refractivity (Wildman–Crippen MR) is 81.1 cm³/mol. The Bertz CT molecular complexity index is 573. The Balaban J connectivity index is 1.80.